The average Bonchev–Trinajstić information content (AvgIpc) is 3.62. The maximum atomic E-state index is 14.0. The summed E-state index contributed by atoms with van der Waals surface area (Å²) in [5, 5.41) is 6.71. The summed E-state index contributed by atoms with van der Waals surface area (Å²) < 4.78 is 17.8. The van der Waals surface area contributed by atoms with Crippen molar-refractivity contribution in [2.24, 2.45) is 0 Å². The number of hydrogen-bond acceptors (Lipinski definition) is 7. The van der Waals surface area contributed by atoms with Crippen LogP contribution < -0.4 is 10.6 Å². The molecule has 3 aliphatic rings. The second-order valence-corrected chi connectivity index (χ2v) is 11.5. The lowest BCUT2D eigenvalue weighted by atomic mass is 9.78. The van der Waals surface area contributed by atoms with Crippen molar-refractivity contribution in [2.45, 2.75) is 45.1 Å². The number of hydrogen-bond donors (Lipinski definition) is 2. The standard InChI is InChI=1S/C36H39N3O5/c1-4-43-35(41)31-30(34(40)38-32-24(2)9-8-10-25(32)3)29-17-18-36(31,44-29)33(37-28-11-6-5-7-12-28)27-15-13-26(14-16-27)23-39-19-21-42-22-20-39/h5-18,29,33,37H,4,19-23H2,1-3H3,(H,38,40). The Hall–Kier alpha value is -4.24. The topological polar surface area (TPSA) is 89.1 Å². The highest BCUT2D eigenvalue weighted by molar-refractivity contribution is 6.12. The summed E-state index contributed by atoms with van der Waals surface area (Å²) in [6.07, 6.45) is 3.08. The third kappa shape index (κ3) is 5.80. The zero-order valence-electron chi connectivity index (χ0n) is 25.5. The fourth-order valence-electron chi connectivity index (χ4n) is 6.36. The van der Waals surface area contributed by atoms with Gasteiger partial charge in [0.1, 0.15) is 11.7 Å². The monoisotopic (exact) mass is 593 g/mol. The van der Waals surface area contributed by atoms with Crippen molar-refractivity contribution in [2.75, 3.05) is 43.5 Å². The van der Waals surface area contributed by atoms with Crippen molar-refractivity contribution in [3.05, 3.63) is 118 Å². The molecular weight excluding hydrogens is 554 g/mol. The molecule has 0 aliphatic carbocycles. The van der Waals surface area contributed by atoms with E-state index in [1.807, 2.05) is 74.5 Å². The summed E-state index contributed by atoms with van der Waals surface area (Å²) in [6, 6.07) is 23.5. The van der Waals surface area contributed by atoms with Gasteiger partial charge < -0.3 is 24.8 Å². The van der Waals surface area contributed by atoms with Crippen LogP contribution in [-0.4, -0.2) is 61.4 Å². The van der Waals surface area contributed by atoms with Crippen molar-refractivity contribution in [3.63, 3.8) is 0 Å². The third-order valence-corrected chi connectivity index (χ3v) is 8.57. The zero-order valence-corrected chi connectivity index (χ0v) is 25.5. The molecule has 1 saturated heterocycles. The molecule has 0 radical (unpaired) electrons. The zero-order chi connectivity index (χ0) is 30.7. The van der Waals surface area contributed by atoms with Crippen LogP contribution in [0, 0.1) is 13.8 Å². The number of nitrogens with one attached hydrogen (secondary N) is 2. The van der Waals surface area contributed by atoms with Crippen molar-refractivity contribution in [1.82, 2.24) is 4.90 Å². The molecule has 6 rings (SSSR count). The number of para-hydroxylation sites is 2. The summed E-state index contributed by atoms with van der Waals surface area (Å²) >= 11 is 0. The fraction of sp³-hybridized carbons (Fsp3) is 0.333. The van der Waals surface area contributed by atoms with Crippen molar-refractivity contribution in [1.29, 1.82) is 0 Å². The lowest BCUT2D eigenvalue weighted by molar-refractivity contribution is -0.140. The first kappa shape index (κ1) is 29.8. The number of morpholine rings is 1. The Morgan fingerprint density at radius 1 is 0.977 bits per heavy atom. The van der Waals surface area contributed by atoms with E-state index in [9.17, 15) is 9.59 Å². The Balaban J connectivity index is 1.40. The van der Waals surface area contributed by atoms with Gasteiger partial charge in [-0.05, 0) is 61.2 Å². The molecule has 0 spiro atoms. The maximum absolute atomic E-state index is 14.0. The molecule has 2 bridgehead atoms. The fourth-order valence-corrected chi connectivity index (χ4v) is 6.36. The second kappa shape index (κ2) is 12.8. The molecular formula is C36H39N3O5. The summed E-state index contributed by atoms with van der Waals surface area (Å²) in [7, 11) is 0. The van der Waals surface area contributed by atoms with Gasteiger partial charge in [0.05, 0.1) is 37.0 Å². The van der Waals surface area contributed by atoms with E-state index in [2.05, 4.69) is 39.8 Å². The molecule has 0 aromatic heterocycles. The van der Waals surface area contributed by atoms with Crippen LogP contribution in [0.25, 0.3) is 0 Å². The predicted octanol–water partition coefficient (Wildman–Crippen LogP) is 5.49. The summed E-state index contributed by atoms with van der Waals surface area (Å²) in [5.74, 6) is -0.934. The first-order valence-corrected chi connectivity index (χ1v) is 15.3. The Labute approximate surface area is 258 Å². The van der Waals surface area contributed by atoms with Crippen LogP contribution in [0.1, 0.15) is 35.2 Å². The van der Waals surface area contributed by atoms with E-state index in [1.165, 1.54) is 5.56 Å². The molecule has 1 amide bonds. The number of carbonyl (C=O) groups excluding carboxylic acids is 2. The van der Waals surface area contributed by atoms with E-state index in [0.717, 1.165) is 60.9 Å². The largest absolute Gasteiger partial charge is 0.463 e. The van der Waals surface area contributed by atoms with E-state index in [-0.39, 0.29) is 23.7 Å². The minimum atomic E-state index is -1.27. The summed E-state index contributed by atoms with van der Waals surface area (Å²) in [4.78, 5) is 30.2. The van der Waals surface area contributed by atoms with Gasteiger partial charge in [0.2, 0.25) is 0 Å². The summed E-state index contributed by atoms with van der Waals surface area (Å²) in [6.45, 7) is 9.97. The van der Waals surface area contributed by atoms with E-state index in [4.69, 9.17) is 14.2 Å². The maximum Gasteiger partial charge on any atom is 0.337 e. The van der Waals surface area contributed by atoms with Crippen LogP contribution in [0.5, 0.6) is 0 Å². The van der Waals surface area contributed by atoms with E-state index in [0.29, 0.717) is 0 Å². The van der Waals surface area contributed by atoms with Crippen LogP contribution in [-0.2, 0) is 30.3 Å². The average molecular weight is 594 g/mol. The van der Waals surface area contributed by atoms with Gasteiger partial charge in [0, 0.05) is 31.0 Å². The van der Waals surface area contributed by atoms with Crippen LogP contribution in [0.4, 0.5) is 11.4 Å². The van der Waals surface area contributed by atoms with Crippen molar-refractivity contribution in [3.8, 4) is 0 Å². The number of esters is 1. The lowest BCUT2D eigenvalue weighted by Gasteiger charge is -2.36. The molecule has 0 saturated carbocycles. The third-order valence-electron chi connectivity index (χ3n) is 8.57. The lowest BCUT2D eigenvalue weighted by Crippen LogP contribution is -2.42. The molecule has 3 aromatic carbocycles. The van der Waals surface area contributed by atoms with E-state index < -0.39 is 23.7 Å². The molecule has 8 heteroatoms. The molecule has 3 aliphatic heterocycles. The van der Waals surface area contributed by atoms with Crippen LogP contribution in [0.2, 0.25) is 0 Å². The van der Waals surface area contributed by atoms with Gasteiger partial charge in [-0.3, -0.25) is 9.69 Å². The number of nitrogens with zero attached hydrogens (tertiary/aromatic N) is 1. The van der Waals surface area contributed by atoms with E-state index in [1.54, 1.807) is 6.92 Å². The van der Waals surface area contributed by atoms with Gasteiger partial charge in [0.15, 0.2) is 0 Å². The molecule has 228 valence electrons. The Morgan fingerprint density at radius 3 is 2.36 bits per heavy atom. The first-order valence-electron chi connectivity index (χ1n) is 15.3. The van der Waals surface area contributed by atoms with Gasteiger partial charge >= 0.3 is 5.97 Å². The molecule has 3 unspecified atom stereocenters. The van der Waals surface area contributed by atoms with Gasteiger partial charge in [0.25, 0.3) is 5.91 Å². The molecule has 8 nitrogen and oxygen atoms in total. The Morgan fingerprint density at radius 2 is 1.68 bits per heavy atom. The number of rotatable bonds is 10. The minimum absolute atomic E-state index is 0.172. The normalized spacial score (nSPS) is 21.8. The number of aryl methyl sites for hydroxylation is 2. The van der Waals surface area contributed by atoms with E-state index >= 15 is 0 Å². The van der Waals surface area contributed by atoms with Gasteiger partial charge in [-0.15, -0.1) is 0 Å². The van der Waals surface area contributed by atoms with Gasteiger partial charge in [-0.25, -0.2) is 4.79 Å². The predicted molar refractivity (Wildman–Crippen MR) is 170 cm³/mol. The molecule has 2 N–H and O–H groups in total. The van der Waals surface area contributed by atoms with Crippen molar-refractivity contribution >= 4 is 23.3 Å². The number of fused-ring (bicyclic) bond motifs is 2. The Bertz CT molecular complexity index is 1560. The molecule has 44 heavy (non-hydrogen) atoms. The highest BCUT2D eigenvalue weighted by Crippen LogP contribution is 2.51. The summed E-state index contributed by atoms with van der Waals surface area (Å²) in [5.41, 5.74) is 4.80. The molecule has 3 aromatic rings. The van der Waals surface area contributed by atoms with Crippen LogP contribution in [0.3, 0.4) is 0 Å². The van der Waals surface area contributed by atoms with Crippen molar-refractivity contribution < 1.29 is 23.8 Å². The second-order valence-electron chi connectivity index (χ2n) is 11.5. The molecule has 1 fully saturated rings. The quantitative estimate of drug-likeness (QED) is 0.237. The number of carbonyl (C=O) groups is 2. The van der Waals surface area contributed by atoms with Crippen LogP contribution >= 0.6 is 0 Å². The van der Waals surface area contributed by atoms with Crippen LogP contribution in [0.15, 0.2) is 96.1 Å². The number of benzene rings is 3. The Kier molecular flexibility index (Phi) is 8.66. The molecule has 3 atom stereocenters. The van der Waals surface area contributed by atoms with Gasteiger partial charge in [-0.1, -0.05) is 66.7 Å². The smallest absolute Gasteiger partial charge is 0.337 e. The molecule has 3 heterocycles. The highest BCUT2D eigenvalue weighted by atomic mass is 16.5. The minimum Gasteiger partial charge on any atom is -0.463 e. The number of ether oxygens (including phenoxy) is 3. The number of amides is 1. The first-order chi connectivity index (χ1) is 21.4. The number of anilines is 2. The highest BCUT2D eigenvalue weighted by Gasteiger charge is 2.58. The SMILES string of the molecule is CCOC(=O)C1=C(C(=O)Nc2c(C)cccc2C)C2C=CC1(C(Nc1ccccc1)c1ccc(CN3CCOCC3)cc1)O2. The van der Waals surface area contributed by atoms with Gasteiger partial charge in [-0.2, -0.15) is 0 Å².